The third-order valence-electron chi connectivity index (χ3n) is 5.27. The molecule has 1 aromatic heterocycles. The van der Waals surface area contributed by atoms with Crippen LogP contribution in [0.3, 0.4) is 0 Å². The van der Waals surface area contributed by atoms with Gasteiger partial charge in [-0.2, -0.15) is 0 Å². The molecule has 3 aromatic rings. The molecular weight excluding hydrogens is 403 g/mol. The van der Waals surface area contributed by atoms with E-state index in [-0.39, 0.29) is 16.8 Å². The topological polar surface area (TPSA) is 58.1 Å². The second-order valence-electron chi connectivity index (χ2n) is 7.55. The molecule has 0 radical (unpaired) electrons. The number of benzene rings is 2. The third kappa shape index (κ3) is 4.60. The van der Waals surface area contributed by atoms with Crippen molar-refractivity contribution in [1.29, 1.82) is 0 Å². The highest BCUT2D eigenvalue weighted by molar-refractivity contribution is 6.31. The number of nitrogens with one attached hydrogen (secondary N) is 1. The molecule has 0 unspecified atom stereocenters. The summed E-state index contributed by atoms with van der Waals surface area (Å²) in [6, 6.07) is 16.2. The average Bonchev–Trinajstić information content (AvgIpc) is 2.76. The Bertz CT molecular complexity index is 1060. The Labute approximate surface area is 179 Å². The molecule has 0 saturated carbocycles. The van der Waals surface area contributed by atoms with E-state index in [4.69, 9.17) is 11.6 Å². The zero-order valence-electron chi connectivity index (χ0n) is 16.6. The van der Waals surface area contributed by atoms with E-state index in [1.54, 1.807) is 0 Å². The number of carbonyl (C=O) groups excluding carboxylic acids is 1. The van der Waals surface area contributed by atoms with Gasteiger partial charge in [-0.15, -0.1) is 10.2 Å². The van der Waals surface area contributed by atoms with E-state index < -0.39 is 5.82 Å². The second kappa shape index (κ2) is 8.79. The highest BCUT2D eigenvalue weighted by atomic mass is 35.5. The molecule has 0 bridgehead atoms. The van der Waals surface area contributed by atoms with Crippen LogP contribution in [0.2, 0.25) is 5.02 Å². The molecule has 2 heterocycles. The first-order valence-corrected chi connectivity index (χ1v) is 10.3. The Morgan fingerprint density at radius 1 is 1.17 bits per heavy atom. The first kappa shape index (κ1) is 20.3. The molecule has 1 N–H and O–H groups in total. The zero-order valence-corrected chi connectivity index (χ0v) is 17.4. The van der Waals surface area contributed by atoms with Crippen LogP contribution >= 0.6 is 11.6 Å². The van der Waals surface area contributed by atoms with Gasteiger partial charge >= 0.3 is 0 Å². The number of aromatic nitrogens is 2. The molecule has 4 rings (SSSR count). The van der Waals surface area contributed by atoms with E-state index in [2.05, 4.69) is 26.5 Å². The van der Waals surface area contributed by atoms with Gasteiger partial charge in [-0.05, 0) is 56.2 Å². The molecule has 1 atom stereocenters. The molecule has 154 valence electrons. The smallest absolute Gasteiger partial charge is 0.229 e. The highest BCUT2D eigenvalue weighted by Crippen LogP contribution is 2.25. The zero-order chi connectivity index (χ0) is 21.1. The van der Waals surface area contributed by atoms with Gasteiger partial charge in [0.25, 0.3) is 0 Å². The Kier molecular flexibility index (Phi) is 5.95. The maximum Gasteiger partial charge on any atom is 0.229 e. The third-order valence-corrected chi connectivity index (χ3v) is 5.56. The number of carbonyl (C=O) groups is 1. The van der Waals surface area contributed by atoms with E-state index >= 15 is 0 Å². The highest BCUT2D eigenvalue weighted by Gasteiger charge is 2.27. The van der Waals surface area contributed by atoms with Crippen LogP contribution in [0.4, 0.5) is 15.9 Å². The minimum atomic E-state index is -0.508. The van der Waals surface area contributed by atoms with Gasteiger partial charge in [-0.25, -0.2) is 4.39 Å². The molecule has 1 aliphatic heterocycles. The molecule has 5 nitrogen and oxygen atoms in total. The fourth-order valence-corrected chi connectivity index (χ4v) is 3.85. The fourth-order valence-electron chi connectivity index (χ4n) is 3.67. The largest absolute Gasteiger partial charge is 0.354 e. The van der Waals surface area contributed by atoms with Crippen LogP contribution in [-0.4, -0.2) is 29.2 Å². The van der Waals surface area contributed by atoms with Crippen LogP contribution < -0.4 is 10.2 Å². The monoisotopic (exact) mass is 424 g/mol. The summed E-state index contributed by atoms with van der Waals surface area (Å²) in [6.45, 7) is 3.42. The Hall–Kier alpha value is -2.99. The van der Waals surface area contributed by atoms with Crippen molar-refractivity contribution >= 4 is 29.0 Å². The van der Waals surface area contributed by atoms with Crippen molar-refractivity contribution in [2.75, 3.05) is 23.3 Å². The summed E-state index contributed by atoms with van der Waals surface area (Å²) >= 11 is 5.80. The van der Waals surface area contributed by atoms with Crippen LogP contribution in [0.15, 0.2) is 54.6 Å². The van der Waals surface area contributed by atoms with Crippen LogP contribution in [0.1, 0.15) is 18.4 Å². The number of amides is 1. The van der Waals surface area contributed by atoms with Crippen LogP contribution in [-0.2, 0) is 4.79 Å². The summed E-state index contributed by atoms with van der Waals surface area (Å²) in [6.07, 6.45) is 1.66. The van der Waals surface area contributed by atoms with Gasteiger partial charge in [0.05, 0.1) is 16.6 Å². The molecule has 1 saturated heterocycles. The Morgan fingerprint density at radius 3 is 2.77 bits per heavy atom. The predicted octanol–water partition coefficient (Wildman–Crippen LogP) is 5.10. The normalized spacial score (nSPS) is 16.4. The number of nitrogens with zero attached hydrogens (tertiary/aromatic N) is 3. The van der Waals surface area contributed by atoms with Crippen molar-refractivity contribution in [2.45, 2.75) is 19.8 Å². The Balaban J connectivity index is 1.43. The summed E-state index contributed by atoms with van der Waals surface area (Å²) in [4.78, 5) is 14.8. The maximum absolute atomic E-state index is 13.3. The average molecular weight is 425 g/mol. The molecular formula is C23H22ClFN4O. The van der Waals surface area contributed by atoms with Gasteiger partial charge in [-0.3, -0.25) is 4.79 Å². The predicted molar refractivity (Wildman–Crippen MR) is 117 cm³/mol. The van der Waals surface area contributed by atoms with Crippen molar-refractivity contribution in [3.8, 4) is 11.3 Å². The minimum absolute atomic E-state index is 0.0120. The van der Waals surface area contributed by atoms with Gasteiger partial charge < -0.3 is 10.2 Å². The standard InChI is InChI=1S/C23H22ClFN4O/c1-15-4-2-5-16(12-15)21-9-10-22(28-27-21)29-11-3-6-17(14-29)23(30)26-18-7-8-20(25)19(24)13-18/h2,4-5,7-10,12-13,17H,3,6,11,14H2,1H3,(H,26,30)/t17-/m1/s1. The lowest BCUT2D eigenvalue weighted by Crippen LogP contribution is -2.41. The number of aryl methyl sites for hydroxylation is 1. The van der Waals surface area contributed by atoms with Gasteiger partial charge in [0.2, 0.25) is 5.91 Å². The van der Waals surface area contributed by atoms with Crippen molar-refractivity contribution in [1.82, 2.24) is 10.2 Å². The summed E-state index contributed by atoms with van der Waals surface area (Å²) in [5.74, 6) is -0.0486. The minimum Gasteiger partial charge on any atom is -0.354 e. The molecule has 7 heteroatoms. The number of piperidine rings is 1. The lowest BCUT2D eigenvalue weighted by atomic mass is 9.97. The van der Waals surface area contributed by atoms with E-state index in [9.17, 15) is 9.18 Å². The summed E-state index contributed by atoms with van der Waals surface area (Å²) in [5.41, 5.74) is 3.52. The van der Waals surface area contributed by atoms with Crippen molar-refractivity contribution in [3.05, 3.63) is 71.0 Å². The SMILES string of the molecule is Cc1cccc(-c2ccc(N3CCC[C@@H](C(=O)Nc4ccc(F)c(Cl)c4)C3)nn2)c1. The maximum atomic E-state index is 13.3. The van der Waals surface area contributed by atoms with Gasteiger partial charge in [0.1, 0.15) is 5.82 Å². The van der Waals surface area contributed by atoms with Crippen molar-refractivity contribution < 1.29 is 9.18 Å². The molecule has 30 heavy (non-hydrogen) atoms. The van der Waals surface area contributed by atoms with Gasteiger partial charge in [-0.1, -0.05) is 35.4 Å². The molecule has 1 aliphatic rings. The van der Waals surface area contributed by atoms with E-state index in [0.29, 0.717) is 12.2 Å². The number of hydrogen-bond acceptors (Lipinski definition) is 4. The second-order valence-corrected chi connectivity index (χ2v) is 7.96. The number of halogens is 2. The summed E-state index contributed by atoms with van der Waals surface area (Å²) in [7, 11) is 0. The van der Waals surface area contributed by atoms with E-state index in [1.165, 1.54) is 23.8 Å². The lowest BCUT2D eigenvalue weighted by Gasteiger charge is -2.32. The number of rotatable bonds is 4. The van der Waals surface area contributed by atoms with Crippen LogP contribution in [0.25, 0.3) is 11.3 Å². The summed E-state index contributed by atoms with van der Waals surface area (Å²) < 4.78 is 13.3. The summed E-state index contributed by atoms with van der Waals surface area (Å²) in [5, 5.41) is 11.6. The molecule has 2 aromatic carbocycles. The van der Waals surface area contributed by atoms with Crippen molar-refractivity contribution in [3.63, 3.8) is 0 Å². The molecule has 1 fully saturated rings. The molecule has 0 spiro atoms. The van der Waals surface area contributed by atoms with E-state index in [0.717, 1.165) is 36.5 Å². The number of hydrogen-bond donors (Lipinski definition) is 1. The molecule has 1 amide bonds. The quantitative estimate of drug-likeness (QED) is 0.633. The lowest BCUT2D eigenvalue weighted by molar-refractivity contribution is -0.120. The first-order chi connectivity index (χ1) is 14.5. The van der Waals surface area contributed by atoms with Gasteiger partial charge in [0.15, 0.2) is 5.82 Å². The van der Waals surface area contributed by atoms with Gasteiger partial charge in [0, 0.05) is 24.3 Å². The first-order valence-electron chi connectivity index (χ1n) is 9.91. The molecule has 0 aliphatic carbocycles. The number of anilines is 2. The Morgan fingerprint density at radius 2 is 2.03 bits per heavy atom. The van der Waals surface area contributed by atoms with Crippen LogP contribution in [0, 0.1) is 18.7 Å². The van der Waals surface area contributed by atoms with Crippen LogP contribution in [0.5, 0.6) is 0 Å². The van der Waals surface area contributed by atoms with Crippen molar-refractivity contribution in [2.24, 2.45) is 5.92 Å². The fraction of sp³-hybridized carbons (Fsp3) is 0.261. The van der Waals surface area contributed by atoms with E-state index in [1.807, 2.05) is 37.3 Å².